The number of carbonyl (C=O) groups excluding carboxylic acids is 1. The van der Waals surface area contributed by atoms with Crippen molar-refractivity contribution in [3.05, 3.63) is 22.0 Å². The number of rotatable bonds is 2. The minimum Gasteiger partial charge on any atom is -0.308 e. The lowest BCUT2D eigenvalue weighted by Gasteiger charge is -2.34. The summed E-state index contributed by atoms with van der Waals surface area (Å²) in [5.74, 6) is 0.455. The number of hydrogen-bond donors (Lipinski definition) is 1. The van der Waals surface area contributed by atoms with Gasteiger partial charge in [-0.05, 0) is 40.6 Å². The topological polar surface area (TPSA) is 45.2 Å². The second-order valence-electron chi connectivity index (χ2n) is 4.50. The van der Waals surface area contributed by atoms with E-state index in [9.17, 15) is 4.79 Å². The van der Waals surface area contributed by atoms with Crippen LogP contribution < -0.4 is 10.2 Å². The van der Waals surface area contributed by atoms with Gasteiger partial charge in [0.2, 0.25) is 5.91 Å². The smallest absolute Gasteiger partial charge is 0.244 e. The van der Waals surface area contributed by atoms with Crippen molar-refractivity contribution in [3.8, 4) is 0 Å². The van der Waals surface area contributed by atoms with Crippen molar-refractivity contribution >= 4 is 34.2 Å². The van der Waals surface area contributed by atoms with Crippen molar-refractivity contribution in [2.75, 3.05) is 18.0 Å². The molecule has 1 amide bonds. The zero-order valence-electron chi connectivity index (χ0n) is 9.98. The van der Waals surface area contributed by atoms with Crippen LogP contribution in [0.4, 0.5) is 5.69 Å². The molecule has 17 heavy (non-hydrogen) atoms. The summed E-state index contributed by atoms with van der Waals surface area (Å²) in [6, 6.07) is 3.80. The number of anilines is 1. The van der Waals surface area contributed by atoms with Crippen LogP contribution in [0.1, 0.15) is 13.8 Å². The van der Waals surface area contributed by atoms with Gasteiger partial charge in [0.15, 0.2) is 0 Å². The molecule has 1 N–H and O–H groups in total. The monoisotopic (exact) mass is 345 g/mol. The quantitative estimate of drug-likeness (QED) is 0.655. The van der Waals surface area contributed by atoms with Gasteiger partial charge in [-0.2, -0.15) is 0 Å². The highest BCUT2D eigenvalue weighted by atomic mass is 127. The Morgan fingerprint density at radius 1 is 1.53 bits per heavy atom. The average Bonchev–Trinajstić information content (AvgIpc) is 2.30. The molecular formula is C12H16IN3O. The molecule has 0 radical (unpaired) electrons. The Morgan fingerprint density at radius 3 is 2.88 bits per heavy atom. The van der Waals surface area contributed by atoms with Gasteiger partial charge in [-0.15, -0.1) is 0 Å². The van der Waals surface area contributed by atoms with E-state index in [1.807, 2.05) is 17.0 Å². The van der Waals surface area contributed by atoms with Crippen LogP contribution in [0.25, 0.3) is 0 Å². The first-order valence-electron chi connectivity index (χ1n) is 5.76. The van der Waals surface area contributed by atoms with E-state index in [0.29, 0.717) is 12.5 Å². The maximum atomic E-state index is 12.3. The Bertz CT molecular complexity index is 405. The van der Waals surface area contributed by atoms with Crippen LogP contribution >= 0.6 is 22.6 Å². The zero-order chi connectivity index (χ0) is 12.4. The molecule has 1 saturated heterocycles. The summed E-state index contributed by atoms with van der Waals surface area (Å²) < 4.78 is 0.939. The maximum Gasteiger partial charge on any atom is 0.244 e. The minimum atomic E-state index is -0.0805. The highest BCUT2D eigenvalue weighted by Gasteiger charge is 2.31. The fraction of sp³-hybridized carbons (Fsp3) is 0.500. The van der Waals surface area contributed by atoms with Gasteiger partial charge in [0, 0.05) is 13.1 Å². The fourth-order valence-corrected chi connectivity index (χ4v) is 2.32. The van der Waals surface area contributed by atoms with Crippen molar-refractivity contribution in [1.82, 2.24) is 10.3 Å². The number of hydrogen-bond acceptors (Lipinski definition) is 3. The van der Waals surface area contributed by atoms with E-state index in [4.69, 9.17) is 0 Å². The molecule has 1 aliphatic rings. The highest BCUT2D eigenvalue weighted by molar-refractivity contribution is 14.1. The van der Waals surface area contributed by atoms with Crippen LogP contribution in [-0.2, 0) is 4.79 Å². The number of carbonyl (C=O) groups is 1. The minimum absolute atomic E-state index is 0.0805. The van der Waals surface area contributed by atoms with Crippen LogP contribution in [0.15, 0.2) is 18.3 Å². The van der Waals surface area contributed by atoms with Crippen LogP contribution in [0.2, 0.25) is 0 Å². The SMILES string of the molecule is CC(C)C1NCCN(c2ccc(I)nc2)C1=O. The largest absolute Gasteiger partial charge is 0.308 e. The molecule has 0 aromatic carbocycles. The van der Waals surface area contributed by atoms with Crippen molar-refractivity contribution in [2.24, 2.45) is 5.92 Å². The van der Waals surface area contributed by atoms with E-state index in [0.717, 1.165) is 15.9 Å². The summed E-state index contributed by atoms with van der Waals surface area (Å²) in [6.07, 6.45) is 1.77. The second-order valence-corrected chi connectivity index (χ2v) is 5.61. The molecular weight excluding hydrogens is 329 g/mol. The summed E-state index contributed by atoms with van der Waals surface area (Å²) in [4.78, 5) is 18.3. The third-order valence-corrected chi connectivity index (χ3v) is 3.56. The molecule has 0 saturated carbocycles. The molecule has 0 aliphatic carbocycles. The predicted octanol–water partition coefficient (Wildman–Crippen LogP) is 1.65. The molecule has 0 bridgehead atoms. The zero-order valence-corrected chi connectivity index (χ0v) is 12.1. The number of halogens is 1. The summed E-state index contributed by atoms with van der Waals surface area (Å²) in [5, 5.41) is 3.27. The summed E-state index contributed by atoms with van der Waals surface area (Å²) in [5.41, 5.74) is 0.891. The molecule has 92 valence electrons. The Balaban J connectivity index is 2.20. The molecule has 0 spiro atoms. The predicted molar refractivity (Wildman–Crippen MR) is 75.9 cm³/mol. The number of nitrogens with one attached hydrogen (secondary N) is 1. The van der Waals surface area contributed by atoms with Crippen LogP contribution in [0.3, 0.4) is 0 Å². The van der Waals surface area contributed by atoms with Gasteiger partial charge in [0.25, 0.3) is 0 Å². The van der Waals surface area contributed by atoms with Crippen molar-refractivity contribution in [1.29, 1.82) is 0 Å². The van der Waals surface area contributed by atoms with Crippen molar-refractivity contribution in [3.63, 3.8) is 0 Å². The molecule has 1 atom stereocenters. The third kappa shape index (κ3) is 2.77. The fourth-order valence-electron chi connectivity index (χ4n) is 2.00. The Morgan fingerprint density at radius 2 is 2.29 bits per heavy atom. The molecule has 1 aromatic heterocycles. The maximum absolute atomic E-state index is 12.3. The van der Waals surface area contributed by atoms with Crippen LogP contribution in [-0.4, -0.2) is 30.0 Å². The van der Waals surface area contributed by atoms with E-state index in [-0.39, 0.29) is 11.9 Å². The molecule has 2 heterocycles. The number of amides is 1. The molecule has 5 heteroatoms. The molecule has 4 nitrogen and oxygen atoms in total. The molecule has 2 rings (SSSR count). The normalized spacial score (nSPS) is 21.1. The summed E-state index contributed by atoms with van der Waals surface area (Å²) in [6.45, 7) is 5.67. The van der Waals surface area contributed by atoms with Gasteiger partial charge >= 0.3 is 0 Å². The molecule has 1 aliphatic heterocycles. The van der Waals surface area contributed by atoms with Gasteiger partial charge in [0.05, 0.1) is 17.9 Å². The lowest BCUT2D eigenvalue weighted by atomic mass is 10.0. The van der Waals surface area contributed by atoms with Gasteiger partial charge < -0.3 is 10.2 Å². The lowest BCUT2D eigenvalue weighted by molar-refractivity contribution is -0.122. The van der Waals surface area contributed by atoms with Gasteiger partial charge in [-0.3, -0.25) is 4.79 Å². The number of piperazine rings is 1. The van der Waals surface area contributed by atoms with Crippen molar-refractivity contribution < 1.29 is 4.79 Å². The summed E-state index contributed by atoms with van der Waals surface area (Å²) in [7, 11) is 0. The van der Waals surface area contributed by atoms with Gasteiger partial charge in [-0.1, -0.05) is 13.8 Å². The second kappa shape index (κ2) is 5.30. The van der Waals surface area contributed by atoms with E-state index in [1.54, 1.807) is 6.20 Å². The number of nitrogens with zero attached hydrogens (tertiary/aromatic N) is 2. The molecule has 1 fully saturated rings. The Kier molecular flexibility index (Phi) is 3.98. The molecule has 1 unspecified atom stereocenters. The summed E-state index contributed by atoms with van der Waals surface area (Å²) >= 11 is 2.16. The molecule has 1 aromatic rings. The van der Waals surface area contributed by atoms with E-state index in [2.05, 4.69) is 46.7 Å². The van der Waals surface area contributed by atoms with Crippen LogP contribution in [0.5, 0.6) is 0 Å². The van der Waals surface area contributed by atoms with Gasteiger partial charge in [0.1, 0.15) is 3.70 Å². The average molecular weight is 345 g/mol. The standard InChI is InChI=1S/C12H16IN3O/c1-8(2)11-12(17)16(6-5-14-11)9-3-4-10(13)15-7-9/h3-4,7-8,11,14H,5-6H2,1-2H3. The highest BCUT2D eigenvalue weighted by Crippen LogP contribution is 2.19. The Labute approximate surface area is 115 Å². The van der Waals surface area contributed by atoms with E-state index in [1.165, 1.54) is 0 Å². The number of pyridine rings is 1. The van der Waals surface area contributed by atoms with E-state index < -0.39 is 0 Å². The lowest BCUT2D eigenvalue weighted by Crippen LogP contribution is -2.57. The van der Waals surface area contributed by atoms with Crippen molar-refractivity contribution in [2.45, 2.75) is 19.9 Å². The van der Waals surface area contributed by atoms with Crippen LogP contribution in [0, 0.1) is 9.62 Å². The first-order chi connectivity index (χ1) is 8.09. The number of aromatic nitrogens is 1. The first kappa shape index (κ1) is 12.8. The Hall–Kier alpha value is -0.690. The van der Waals surface area contributed by atoms with E-state index >= 15 is 0 Å². The first-order valence-corrected chi connectivity index (χ1v) is 6.84. The van der Waals surface area contributed by atoms with Gasteiger partial charge in [-0.25, -0.2) is 4.98 Å². The third-order valence-electron chi connectivity index (χ3n) is 2.92.